The van der Waals surface area contributed by atoms with Crippen molar-refractivity contribution in [2.24, 2.45) is 0 Å². The Balaban J connectivity index is 2.21. The van der Waals surface area contributed by atoms with Crippen LogP contribution in [0.2, 0.25) is 0 Å². The first-order valence-electron chi connectivity index (χ1n) is 5.71. The number of halogens is 2. The highest BCUT2D eigenvalue weighted by molar-refractivity contribution is 9.10. The first kappa shape index (κ1) is 14.3. The highest BCUT2D eigenvalue weighted by Gasteiger charge is 2.10. The Morgan fingerprint density at radius 1 is 1.30 bits per heavy atom. The number of anilines is 2. The molecule has 0 heterocycles. The van der Waals surface area contributed by atoms with Crippen LogP contribution in [0.15, 0.2) is 40.9 Å². The fraction of sp³-hybridized carbons (Fsp3) is 0.0714. The summed E-state index contributed by atoms with van der Waals surface area (Å²) in [5.41, 5.74) is 6.86. The molecule has 0 saturated carbocycles. The Morgan fingerprint density at radius 3 is 2.70 bits per heavy atom. The SMILES string of the molecule is COc1cc(C(=O)Nc2ccc(Br)c(F)c2)ccc1N. The predicted octanol–water partition coefficient (Wildman–Crippen LogP) is 3.43. The normalized spacial score (nSPS) is 10.2. The van der Waals surface area contributed by atoms with Crippen molar-refractivity contribution in [1.82, 2.24) is 0 Å². The zero-order valence-electron chi connectivity index (χ0n) is 10.6. The molecule has 2 aromatic carbocycles. The van der Waals surface area contributed by atoms with Gasteiger partial charge in [-0.15, -0.1) is 0 Å². The number of methoxy groups -OCH3 is 1. The smallest absolute Gasteiger partial charge is 0.255 e. The average Bonchev–Trinajstić information content (AvgIpc) is 2.43. The molecule has 0 unspecified atom stereocenters. The number of rotatable bonds is 3. The van der Waals surface area contributed by atoms with Crippen LogP contribution in [0.5, 0.6) is 5.75 Å². The molecule has 0 aliphatic carbocycles. The molecule has 0 saturated heterocycles. The monoisotopic (exact) mass is 338 g/mol. The summed E-state index contributed by atoms with van der Waals surface area (Å²) in [7, 11) is 1.47. The van der Waals surface area contributed by atoms with Gasteiger partial charge in [-0.25, -0.2) is 4.39 Å². The highest BCUT2D eigenvalue weighted by atomic mass is 79.9. The Hall–Kier alpha value is -2.08. The molecule has 0 aliphatic rings. The van der Waals surface area contributed by atoms with E-state index in [-0.39, 0.29) is 5.91 Å². The van der Waals surface area contributed by atoms with E-state index in [0.29, 0.717) is 27.2 Å². The summed E-state index contributed by atoms with van der Waals surface area (Å²) < 4.78 is 18.8. The molecule has 0 aliphatic heterocycles. The van der Waals surface area contributed by atoms with E-state index < -0.39 is 5.82 Å². The summed E-state index contributed by atoms with van der Waals surface area (Å²) in [6, 6.07) is 9.03. The minimum absolute atomic E-state index is 0.338. The number of amides is 1. The molecule has 0 bridgehead atoms. The molecule has 3 N–H and O–H groups in total. The number of carbonyl (C=O) groups is 1. The van der Waals surface area contributed by atoms with E-state index in [9.17, 15) is 9.18 Å². The lowest BCUT2D eigenvalue weighted by Crippen LogP contribution is -2.12. The molecule has 0 spiro atoms. The molecule has 0 aromatic heterocycles. The molecular formula is C14H12BrFN2O2. The number of nitrogen functional groups attached to an aromatic ring is 1. The number of hydrogen-bond acceptors (Lipinski definition) is 3. The van der Waals surface area contributed by atoms with Crippen molar-refractivity contribution in [2.45, 2.75) is 0 Å². The van der Waals surface area contributed by atoms with E-state index in [2.05, 4.69) is 21.2 Å². The minimum Gasteiger partial charge on any atom is -0.495 e. The lowest BCUT2D eigenvalue weighted by atomic mass is 10.1. The molecule has 2 rings (SSSR count). The van der Waals surface area contributed by atoms with Gasteiger partial charge in [0.25, 0.3) is 5.91 Å². The molecule has 0 atom stereocenters. The van der Waals surface area contributed by atoms with E-state index in [4.69, 9.17) is 10.5 Å². The van der Waals surface area contributed by atoms with Gasteiger partial charge >= 0.3 is 0 Å². The number of benzene rings is 2. The standard InChI is InChI=1S/C14H12BrFN2O2/c1-20-13-6-8(2-5-12(13)17)14(19)18-9-3-4-10(15)11(16)7-9/h2-7H,17H2,1H3,(H,18,19). The second kappa shape index (κ2) is 5.92. The largest absolute Gasteiger partial charge is 0.495 e. The lowest BCUT2D eigenvalue weighted by Gasteiger charge is -2.09. The van der Waals surface area contributed by atoms with Crippen LogP contribution in [-0.4, -0.2) is 13.0 Å². The molecule has 0 fully saturated rings. The van der Waals surface area contributed by atoms with Gasteiger partial charge in [0.1, 0.15) is 11.6 Å². The van der Waals surface area contributed by atoms with Crippen LogP contribution < -0.4 is 15.8 Å². The summed E-state index contributed by atoms with van der Waals surface area (Å²) in [6.45, 7) is 0. The summed E-state index contributed by atoms with van der Waals surface area (Å²) in [5.74, 6) is -0.401. The van der Waals surface area contributed by atoms with Crippen LogP contribution in [0, 0.1) is 5.82 Å². The fourth-order valence-electron chi connectivity index (χ4n) is 1.63. The molecule has 4 nitrogen and oxygen atoms in total. The first-order valence-corrected chi connectivity index (χ1v) is 6.50. The highest BCUT2D eigenvalue weighted by Crippen LogP contribution is 2.23. The van der Waals surface area contributed by atoms with Crippen molar-refractivity contribution in [2.75, 3.05) is 18.2 Å². The van der Waals surface area contributed by atoms with Gasteiger partial charge in [-0.3, -0.25) is 4.79 Å². The van der Waals surface area contributed by atoms with Crippen molar-refractivity contribution >= 4 is 33.2 Å². The van der Waals surface area contributed by atoms with Gasteiger partial charge in [0.2, 0.25) is 0 Å². The third kappa shape index (κ3) is 3.08. The third-order valence-electron chi connectivity index (χ3n) is 2.67. The van der Waals surface area contributed by atoms with Gasteiger partial charge in [0.15, 0.2) is 0 Å². The van der Waals surface area contributed by atoms with Crippen LogP contribution in [0.25, 0.3) is 0 Å². The molecule has 104 valence electrons. The van der Waals surface area contributed by atoms with E-state index in [1.165, 1.54) is 25.3 Å². The lowest BCUT2D eigenvalue weighted by molar-refractivity contribution is 0.102. The van der Waals surface area contributed by atoms with Crippen molar-refractivity contribution in [1.29, 1.82) is 0 Å². The zero-order valence-corrected chi connectivity index (χ0v) is 12.2. The van der Waals surface area contributed by atoms with Crippen LogP contribution in [0.3, 0.4) is 0 Å². The third-order valence-corrected chi connectivity index (χ3v) is 3.32. The minimum atomic E-state index is -0.447. The first-order chi connectivity index (χ1) is 9.51. The van der Waals surface area contributed by atoms with Gasteiger partial charge in [0, 0.05) is 11.3 Å². The number of hydrogen-bond donors (Lipinski definition) is 2. The van der Waals surface area contributed by atoms with Crippen molar-refractivity contribution in [3.05, 3.63) is 52.3 Å². The Morgan fingerprint density at radius 2 is 2.05 bits per heavy atom. The molecule has 0 radical (unpaired) electrons. The van der Waals surface area contributed by atoms with Crippen molar-refractivity contribution in [3.63, 3.8) is 0 Å². The number of nitrogens with two attached hydrogens (primary N) is 1. The molecule has 6 heteroatoms. The maximum Gasteiger partial charge on any atom is 0.255 e. The molecule has 2 aromatic rings. The second-order valence-corrected chi connectivity index (χ2v) is 4.89. The molecule has 20 heavy (non-hydrogen) atoms. The van der Waals surface area contributed by atoms with E-state index in [1.54, 1.807) is 18.2 Å². The maximum absolute atomic E-state index is 13.4. The van der Waals surface area contributed by atoms with E-state index in [0.717, 1.165) is 0 Å². The number of carbonyl (C=O) groups excluding carboxylic acids is 1. The number of nitrogens with one attached hydrogen (secondary N) is 1. The topological polar surface area (TPSA) is 64.3 Å². The second-order valence-electron chi connectivity index (χ2n) is 4.04. The van der Waals surface area contributed by atoms with Gasteiger partial charge < -0.3 is 15.8 Å². The summed E-state index contributed by atoms with van der Waals surface area (Å²) in [4.78, 5) is 12.0. The van der Waals surface area contributed by atoms with Crippen molar-refractivity contribution < 1.29 is 13.9 Å². The van der Waals surface area contributed by atoms with E-state index >= 15 is 0 Å². The average molecular weight is 339 g/mol. The van der Waals surface area contributed by atoms with Gasteiger partial charge in [-0.2, -0.15) is 0 Å². The Labute approximate surface area is 123 Å². The summed E-state index contributed by atoms with van der Waals surface area (Å²) >= 11 is 3.05. The van der Waals surface area contributed by atoms with Gasteiger partial charge in [-0.1, -0.05) is 0 Å². The molecule has 1 amide bonds. The summed E-state index contributed by atoms with van der Waals surface area (Å²) in [6.07, 6.45) is 0. The number of ether oxygens (including phenoxy) is 1. The van der Waals surface area contributed by atoms with Gasteiger partial charge in [0.05, 0.1) is 17.3 Å². The fourth-order valence-corrected chi connectivity index (χ4v) is 1.88. The molecular weight excluding hydrogens is 327 g/mol. The predicted molar refractivity (Wildman–Crippen MR) is 79.5 cm³/mol. The quantitative estimate of drug-likeness (QED) is 0.842. The Bertz CT molecular complexity index is 662. The van der Waals surface area contributed by atoms with Crippen LogP contribution in [0.4, 0.5) is 15.8 Å². The maximum atomic E-state index is 13.4. The Kier molecular flexibility index (Phi) is 4.24. The van der Waals surface area contributed by atoms with Crippen LogP contribution in [0.1, 0.15) is 10.4 Å². The van der Waals surface area contributed by atoms with E-state index in [1.807, 2.05) is 0 Å². The van der Waals surface area contributed by atoms with Crippen molar-refractivity contribution in [3.8, 4) is 5.75 Å². The van der Waals surface area contributed by atoms with Crippen LogP contribution >= 0.6 is 15.9 Å². The van der Waals surface area contributed by atoms with Crippen LogP contribution in [-0.2, 0) is 0 Å². The van der Waals surface area contributed by atoms with Gasteiger partial charge in [-0.05, 0) is 52.3 Å². The zero-order chi connectivity index (χ0) is 14.7. The summed E-state index contributed by atoms with van der Waals surface area (Å²) in [5, 5.41) is 2.60.